The Kier molecular flexibility index (Phi) is 3.67. The van der Waals surface area contributed by atoms with Crippen LogP contribution in [0.1, 0.15) is 12.5 Å². The van der Waals surface area contributed by atoms with E-state index in [9.17, 15) is 5.11 Å². The lowest BCUT2D eigenvalue weighted by Gasteiger charge is -2.21. The third-order valence-electron chi connectivity index (χ3n) is 2.47. The number of rotatable bonds is 3. The van der Waals surface area contributed by atoms with Crippen molar-refractivity contribution in [1.29, 1.82) is 0 Å². The standard InChI is InChI=1S/C12H18OSi/c1-4-9-14(2,3)12-8-6-5-7-11(12)10-13/h4-9,13H,10H2,1-3H3/b9-4+. The fourth-order valence-electron chi connectivity index (χ4n) is 1.79. The van der Waals surface area contributed by atoms with Gasteiger partial charge in [0.25, 0.3) is 0 Å². The molecule has 0 radical (unpaired) electrons. The molecular formula is C12H18OSi. The van der Waals surface area contributed by atoms with Gasteiger partial charge in [0.2, 0.25) is 0 Å². The molecule has 0 fully saturated rings. The van der Waals surface area contributed by atoms with E-state index in [4.69, 9.17) is 0 Å². The highest BCUT2D eigenvalue weighted by Crippen LogP contribution is 2.09. The molecule has 1 aromatic carbocycles. The fourth-order valence-corrected chi connectivity index (χ4v) is 4.32. The zero-order valence-corrected chi connectivity index (χ0v) is 10.1. The van der Waals surface area contributed by atoms with Crippen molar-refractivity contribution in [3.8, 4) is 0 Å². The minimum absolute atomic E-state index is 0.143. The molecule has 0 spiro atoms. The molecule has 1 rings (SSSR count). The first-order chi connectivity index (χ1) is 6.61. The van der Waals surface area contributed by atoms with Crippen molar-refractivity contribution in [2.24, 2.45) is 0 Å². The molecule has 0 atom stereocenters. The molecule has 0 amide bonds. The summed E-state index contributed by atoms with van der Waals surface area (Å²) in [6.45, 7) is 6.78. The quantitative estimate of drug-likeness (QED) is 0.752. The molecule has 1 nitrogen and oxygen atoms in total. The van der Waals surface area contributed by atoms with Crippen LogP contribution in [0, 0.1) is 0 Å². The summed E-state index contributed by atoms with van der Waals surface area (Å²) in [6, 6.07) is 8.17. The first-order valence-corrected chi connectivity index (χ1v) is 8.02. The van der Waals surface area contributed by atoms with Crippen LogP contribution < -0.4 is 5.19 Å². The largest absolute Gasteiger partial charge is 0.392 e. The molecule has 0 aliphatic rings. The maximum atomic E-state index is 9.25. The molecular weight excluding hydrogens is 188 g/mol. The van der Waals surface area contributed by atoms with E-state index in [1.165, 1.54) is 5.19 Å². The Bertz CT molecular complexity index is 329. The first-order valence-electron chi connectivity index (χ1n) is 4.95. The van der Waals surface area contributed by atoms with Gasteiger partial charge in [0.1, 0.15) is 8.07 Å². The van der Waals surface area contributed by atoms with Crippen molar-refractivity contribution >= 4 is 13.3 Å². The number of aliphatic hydroxyl groups is 1. The van der Waals surface area contributed by atoms with Crippen LogP contribution >= 0.6 is 0 Å². The molecule has 0 aliphatic heterocycles. The minimum Gasteiger partial charge on any atom is -0.392 e. The van der Waals surface area contributed by atoms with Crippen molar-refractivity contribution in [2.45, 2.75) is 26.6 Å². The van der Waals surface area contributed by atoms with E-state index < -0.39 is 8.07 Å². The lowest BCUT2D eigenvalue weighted by molar-refractivity contribution is 0.283. The van der Waals surface area contributed by atoms with Crippen LogP contribution in [0.15, 0.2) is 36.0 Å². The van der Waals surface area contributed by atoms with Crippen LogP contribution in [0.25, 0.3) is 0 Å². The molecule has 0 saturated heterocycles. The van der Waals surface area contributed by atoms with Crippen LogP contribution in [0.2, 0.25) is 13.1 Å². The predicted octanol–water partition coefficient (Wildman–Crippen LogP) is 2.21. The summed E-state index contributed by atoms with van der Waals surface area (Å²) in [5, 5.41) is 10.6. The van der Waals surface area contributed by atoms with Gasteiger partial charge in [-0.2, -0.15) is 0 Å². The monoisotopic (exact) mass is 206 g/mol. The van der Waals surface area contributed by atoms with Crippen LogP contribution in [-0.2, 0) is 6.61 Å². The van der Waals surface area contributed by atoms with Crippen molar-refractivity contribution in [2.75, 3.05) is 0 Å². The van der Waals surface area contributed by atoms with Crippen LogP contribution in [0.3, 0.4) is 0 Å². The van der Waals surface area contributed by atoms with E-state index in [2.05, 4.69) is 37.9 Å². The van der Waals surface area contributed by atoms with Gasteiger partial charge < -0.3 is 5.11 Å². The van der Waals surface area contributed by atoms with Crippen LogP contribution in [0.4, 0.5) is 0 Å². The molecule has 0 heterocycles. The van der Waals surface area contributed by atoms with Crippen molar-refractivity contribution < 1.29 is 5.11 Å². The SMILES string of the molecule is C/C=C/[Si](C)(C)c1ccccc1CO. The Morgan fingerprint density at radius 2 is 1.93 bits per heavy atom. The predicted molar refractivity (Wildman–Crippen MR) is 64.3 cm³/mol. The summed E-state index contributed by atoms with van der Waals surface area (Å²) in [6.07, 6.45) is 2.11. The van der Waals surface area contributed by atoms with Crippen molar-refractivity contribution in [3.05, 3.63) is 41.6 Å². The van der Waals surface area contributed by atoms with E-state index in [-0.39, 0.29) is 6.61 Å². The van der Waals surface area contributed by atoms with Gasteiger partial charge in [-0.15, -0.1) is 0 Å². The molecule has 0 aromatic heterocycles. The van der Waals surface area contributed by atoms with Gasteiger partial charge in [-0.3, -0.25) is 0 Å². The van der Waals surface area contributed by atoms with Crippen LogP contribution in [-0.4, -0.2) is 13.2 Å². The molecule has 14 heavy (non-hydrogen) atoms. The highest BCUT2D eigenvalue weighted by Gasteiger charge is 2.21. The van der Waals surface area contributed by atoms with Gasteiger partial charge in [0.05, 0.1) is 6.61 Å². The molecule has 0 bridgehead atoms. The van der Waals surface area contributed by atoms with E-state index in [0.717, 1.165) is 5.56 Å². The maximum Gasteiger partial charge on any atom is 0.104 e. The zero-order chi connectivity index (χ0) is 10.6. The second-order valence-corrected chi connectivity index (χ2v) is 8.35. The Hall–Kier alpha value is -0.863. The Labute approximate surface area is 87.1 Å². The first kappa shape index (κ1) is 11.2. The third-order valence-corrected chi connectivity index (χ3v) is 5.51. The van der Waals surface area contributed by atoms with Crippen molar-refractivity contribution in [1.82, 2.24) is 0 Å². The summed E-state index contributed by atoms with van der Waals surface area (Å²) in [7, 11) is -1.49. The highest BCUT2D eigenvalue weighted by atomic mass is 28.3. The van der Waals surface area contributed by atoms with Crippen LogP contribution in [0.5, 0.6) is 0 Å². The number of allylic oxidation sites excluding steroid dienone is 1. The Balaban J connectivity index is 3.17. The average molecular weight is 206 g/mol. The van der Waals surface area contributed by atoms with Gasteiger partial charge in [-0.25, -0.2) is 0 Å². The molecule has 76 valence electrons. The second kappa shape index (κ2) is 4.58. The Morgan fingerprint density at radius 3 is 2.50 bits per heavy atom. The average Bonchev–Trinajstić information content (AvgIpc) is 2.18. The lowest BCUT2D eigenvalue weighted by atomic mass is 10.2. The van der Waals surface area contributed by atoms with E-state index >= 15 is 0 Å². The second-order valence-electron chi connectivity index (χ2n) is 4.04. The molecule has 0 aliphatic carbocycles. The Morgan fingerprint density at radius 1 is 1.29 bits per heavy atom. The summed E-state index contributed by atoms with van der Waals surface area (Å²) in [5.41, 5.74) is 3.36. The van der Waals surface area contributed by atoms with Gasteiger partial charge in [-0.05, 0) is 17.7 Å². The van der Waals surface area contributed by atoms with E-state index in [1.807, 2.05) is 18.2 Å². The number of aliphatic hydroxyl groups excluding tert-OH is 1. The molecule has 1 N–H and O–H groups in total. The van der Waals surface area contributed by atoms with Gasteiger partial charge >= 0.3 is 0 Å². The summed E-state index contributed by atoms with van der Waals surface area (Å²) < 4.78 is 0. The number of hydrogen-bond acceptors (Lipinski definition) is 1. The summed E-state index contributed by atoms with van der Waals surface area (Å²) in [4.78, 5) is 0. The maximum absolute atomic E-state index is 9.25. The zero-order valence-electron chi connectivity index (χ0n) is 9.12. The van der Waals surface area contributed by atoms with Crippen molar-refractivity contribution in [3.63, 3.8) is 0 Å². The lowest BCUT2D eigenvalue weighted by Crippen LogP contribution is -2.41. The smallest absolute Gasteiger partial charge is 0.104 e. The summed E-state index contributed by atoms with van der Waals surface area (Å²) in [5.74, 6) is 0. The molecule has 0 unspecified atom stereocenters. The highest BCUT2D eigenvalue weighted by molar-refractivity contribution is 6.94. The number of benzene rings is 1. The third kappa shape index (κ3) is 2.34. The minimum atomic E-state index is -1.49. The number of hydrogen-bond donors (Lipinski definition) is 1. The van der Waals surface area contributed by atoms with Gasteiger partial charge in [0, 0.05) is 0 Å². The molecule has 0 saturated carbocycles. The molecule has 2 heteroatoms. The van der Waals surface area contributed by atoms with Gasteiger partial charge in [-0.1, -0.05) is 49.1 Å². The fraction of sp³-hybridized carbons (Fsp3) is 0.333. The topological polar surface area (TPSA) is 20.2 Å². The van der Waals surface area contributed by atoms with E-state index in [0.29, 0.717) is 0 Å². The molecule has 1 aromatic rings. The summed E-state index contributed by atoms with van der Waals surface area (Å²) >= 11 is 0. The normalized spacial score (nSPS) is 12.3. The van der Waals surface area contributed by atoms with E-state index in [1.54, 1.807) is 0 Å². The van der Waals surface area contributed by atoms with Gasteiger partial charge in [0.15, 0.2) is 0 Å².